The summed E-state index contributed by atoms with van der Waals surface area (Å²) in [5.74, 6) is -2.37. The molecule has 8 nitrogen and oxygen atoms in total. The zero-order chi connectivity index (χ0) is 16.0. The summed E-state index contributed by atoms with van der Waals surface area (Å²) in [6.07, 6.45) is 4.07. The third-order valence-corrected chi connectivity index (χ3v) is 2.54. The van der Waals surface area contributed by atoms with Gasteiger partial charge in [0.1, 0.15) is 0 Å². The Morgan fingerprint density at radius 2 is 1.05 bits per heavy atom. The number of carbonyl (C=O) groups excluding carboxylic acids is 2. The number of carboxylic acids is 2. The summed E-state index contributed by atoms with van der Waals surface area (Å²) in [6, 6.07) is -1.65. The molecule has 0 amide bonds. The molecule has 128 valence electrons. The average molecular weight is 349 g/mol. The summed E-state index contributed by atoms with van der Waals surface area (Å²) in [4.78, 5) is 20.1. The SMILES string of the molecule is NCCCCC(N)C(=O)[O-].NCCCCC(N)C(=O)[O-].[Ni+2]. The van der Waals surface area contributed by atoms with Gasteiger partial charge in [-0.05, 0) is 38.8 Å². The Morgan fingerprint density at radius 1 is 0.762 bits per heavy atom. The van der Waals surface area contributed by atoms with Gasteiger partial charge in [-0.1, -0.05) is 12.8 Å². The Labute approximate surface area is 135 Å². The van der Waals surface area contributed by atoms with Gasteiger partial charge in [-0.25, -0.2) is 0 Å². The van der Waals surface area contributed by atoms with Gasteiger partial charge in [0.05, 0.1) is 11.9 Å². The van der Waals surface area contributed by atoms with Crippen LogP contribution in [-0.2, 0) is 26.1 Å². The fourth-order valence-corrected chi connectivity index (χ4v) is 1.25. The first-order valence-electron chi connectivity index (χ1n) is 6.69. The Balaban J connectivity index is -0.000000295. The molecule has 0 aliphatic rings. The molecule has 2 unspecified atom stereocenters. The molecule has 8 N–H and O–H groups in total. The molecule has 0 radical (unpaired) electrons. The van der Waals surface area contributed by atoms with Gasteiger partial charge < -0.3 is 42.7 Å². The monoisotopic (exact) mass is 348 g/mol. The van der Waals surface area contributed by atoms with Crippen LogP contribution in [0.15, 0.2) is 0 Å². The number of rotatable bonds is 10. The topological polar surface area (TPSA) is 184 Å². The van der Waals surface area contributed by atoms with Crippen molar-refractivity contribution >= 4 is 11.9 Å². The number of unbranched alkanes of at least 4 members (excludes halogenated alkanes) is 2. The van der Waals surface area contributed by atoms with Gasteiger partial charge in [-0.15, -0.1) is 0 Å². The van der Waals surface area contributed by atoms with Crippen LogP contribution in [-0.4, -0.2) is 37.1 Å². The second kappa shape index (κ2) is 17.3. The van der Waals surface area contributed by atoms with Crippen LogP contribution < -0.4 is 33.1 Å². The van der Waals surface area contributed by atoms with Crippen LogP contribution in [0.3, 0.4) is 0 Å². The van der Waals surface area contributed by atoms with E-state index in [0.717, 1.165) is 25.7 Å². The summed E-state index contributed by atoms with van der Waals surface area (Å²) in [7, 11) is 0. The van der Waals surface area contributed by atoms with Crippen molar-refractivity contribution in [3.63, 3.8) is 0 Å². The average Bonchev–Trinajstić information content (AvgIpc) is 2.39. The summed E-state index contributed by atoms with van der Waals surface area (Å²) >= 11 is 0. The van der Waals surface area contributed by atoms with Crippen molar-refractivity contribution in [2.24, 2.45) is 22.9 Å². The third kappa shape index (κ3) is 19.3. The van der Waals surface area contributed by atoms with Crippen molar-refractivity contribution in [1.82, 2.24) is 0 Å². The van der Waals surface area contributed by atoms with Crippen molar-refractivity contribution < 1.29 is 36.3 Å². The van der Waals surface area contributed by atoms with Crippen molar-refractivity contribution in [1.29, 1.82) is 0 Å². The molecule has 0 aliphatic carbocycles. The van der Waals surface area contributed by atoms with Crippen LogP contribution in [0.4, 0.5) is 0 Å². The number of aliphatic carboxylic acids is 2. The second-order valence-electron chi connectivity index (χ2n) is 4.42. The molecule has 0 saturated heterocycles. The van der Waals surface area contributed by atoms with Gasteiger partial charge in [0, 0.05) is 12.1 Å². The number of hydrogen-bond acceptors (Lipinski definition) is 8. The van der Waals surface area contributed by atoms with Gasteiger partial charge in [0.2, 0.25) is 0 Å². The smallest absolute Gasteiger partial charge is 0.548 e. The first-order valence-corrected chi connectivity index (χ1v) is 6.69. The van der Waals surface area contributed by atoms with Crippen LogP contribution in [0.25, 0.3) is 0 Å². The van der Waals surface area contributed by atoms with E-state index in [-0.39, 0.29) is 16.5 Å². The molecular formula is C12H26N4NiO4. The molecule has 21 heavy (non-hydrogen) atoms. The number of carbonyl (C=O) groups is 2. The van der Waals surface area contributed by atoms with Crippen LogP contribution >= 0.6 is 0 Å². The van der Waals surface area contributed by atoms with Gasteiger partial charge >= 0.3 is 16.5 Å². The summed E-state index contributed by atoms with van der Waals surface area (Å²) in [6.45, 7) is 1.17. The normalized spacial score (nSPS) is 12.4. The van der Waals surface area contributed by atoms with Crippen molar-refractivity contribution in [3.8, 4) is 0 Å². The molecule has 0 aromatic heterocycles. The predicted molar refractivity (Wildman–Crippen MR) is 71.8 cm³/mol. The van der Waals surface area contributed by atoms with E-state index in [1.54, 1.807) is 0 Å². The van der Waals surface area contributed by atoms with Crippen molar-refractivity contribution in [2.45, 2.75) is 50.6 Å². The standard InChI is InChI=1S/2C6H14N2O2.Ni/c2*7-4-2-1-3-5(8)6(9)10;/h2*5H,1-4,7-8H2,(H,9,10);/q;;+2/p-2. The Morgan fingerprint density at radius 3 is 1.24 bits per heavy atom. The van der Waals surface area contributed by atoms with Gasteiger partial charge in [-0.3, -0.25) is 0 Å². The van der Waals surface area contributed by atoms with Gasteiger partial charge in [0.15, 0.2) is 0 Å². The van der Waals surface area contributed by atoms with E-state index in [2.05, 4.69) is 0 Å². The maximum Gasteiger partial charge on any atom is 2.00 e. The van der Waals surface area contributed by atoms with Crippen LogP contribution in [0.5, 0.6) is 0 Å². The zero-order valence-corrected chi connectivity index (χ0v) is 13.1. The van der Waals surface area contributed by atoms with E-state index >= 15 is 0 Å². The van der Waals surface area contributed by atoms with Gasteiger partial charge in [0.25, 0.3) is 0 Å². The Kier molecular flexibility index (Phi) is 20.8. The molecular weight excluding hydrogens is 323 g/mol. The van der Waals surface area contributed by atoms with E-state index in [9.17, 15) is 19.8 Å². The minimum Gasteiger partial charge on any atom is -0.548 e. The second-order valence-corrected chi connectivity index (χ2v) is 4.42. The summed E-state index contributed by atoms with van der Waals surface area (Å²) in [5.41, 5.74) is 20.7. The third-order valence-electron chi connectivity index (χ3n) is 2.54. The maximum absolute atomic E-state index is 10.0. The van der Waals surface area contributed by atoms with E-state index in [1.807, 2.05) is 0 Å². The first kappa shape index (κ1) is 25.2. The minimum atomic E-state index is -1.18. The van der Waals surface area contributed by atoms with E-state index in [1.165, 1.54) is 0 Å². The number of nitrogens with two attached hydrogens (primary N) is 4. The fraction of sp³-hybridized carbons (Fsp3) is 0.833. The van der Waals surface area contributed by atoms with E-state index in [0.29, 0.717) is 25.9 Å². The van der Waals surface area contributed by atoms with Crippen LogP contribution in [0.1, 0.15) is 38.5 Å². The molecule has 9 heteroatoms. The van der Waals surface area contributed by atoms with Crippen LogP contribution in [0.2, 0.25) is 0 Å². The molecule has 0 rings (SSSR count). The van der Waals surface area contributed by atoms with E-state index < -0.39 is 24.0 Å². The molecule has 2 atom stereocenters. The Bertz CT molecular complexity index is 244. The molecule has 0 spiro atoms. The Hall–Kier alpha value is -0.726. The molecule has 0 bridgehead atoms. The molecule has 0 aromatic rings. The predicted octanol–water partition coefficient (Wildman–Crippen LogP) is -3.62. The summed E-state index contributed by atoms with van der Waals surface area (Å²) < 4.78 is 0. The maximum atomic E-state index is 10.0. The largest absolute Gasteiger partial charge is 2.00 e. The number of hydrogen-bond donors (Lipinski definition) is 4. The molecule has 0 aromatic carbocycles. The fourth-order valence-electron chi connectivity index (χ4n) is 1.25. The molecule has 0 saturated carbocycles. The van der Waals surface area contributed by atoms with Crippen molar-refractivity contribution in [3.05, 3.63) is 0 Å². The zero-order valence-electron chi connectivity index (χ0n) is 12.1. The molecule has 0 aliphatic heterocycles. The molecule has 0 heterocycles. The van der Waals surface area contributed by atoms with Gasteiger partial charge in [-0.2, -0.15) is 0 Å². The van der Waals surface area contributed by atoms with Crippen LogP contribution in [0, 0.1) is 0 Å². The summed E-state index contributed by atoms with van der Waals surface area (Å²) in [5, 5.41) is 20.1. The first-order chi connectivity index (χ1) is 9.36. The van der Waals surface area contributed by atoms with E-state index in [4.69, 9.17) is 22.9 Å². The molecule has 0 fully saturated rings. The number of carboxylic acid groups (broad SMARTS) is 2. The quantitative estimate of drug-likeness (QED) is 0.230. The van der Waals surface area contributed by atoms with Crippen molar-refractivity contribution in [2.75, 3.05) is 13.1 Å². The minimum absolute atomic E-state index is 0.